The van der Waals surface area contributed by atoms with E-state index in [1.165, 1.54) is 180 Å². The smallest absolute Gasteiger partial charge is 0.0525 e. The summed E-state index contributed by atoms with van der Waals surface area (Å²) in [4.78, 5) is 0. The predicted octanol–water partition coefficient (Wildman–Crippen LogP) is 14.6. The van der Waals surface area contributed by atoms with E-state index in [1.54, 1.807) is 0 Å². The van der Waals surface area contributed by atoms with Crippen molar-refractivity contribution >= 4 is 0 Å². The minimum Gasteiger partial charge on any atom is -0.396 e. The van der Waals surface area contributed by atoms with Crippen molar-refractivity contribution in [1.29, 1.82) is 0 Å². The van der Waals surface area contributed by atoms with Crippen molar-refractivity contribution in [2.75, 3.05) is 79.3 Å². The van der Waals surface area contributed by atoms with Gasteiger partial charge in [-0.3, -0.25) is 0 Å². The van der Waals surface area contributed by atoms with Gasteiger partial charge in [-0.15, -0.1) is 0 Å². The molecular weight excluding hydrogens is 833 g/mol. The Hall–Kier alpha value is -0.280. The minimum atomic E-state index is 0.0538. The molecule has 7 heteroatoms. The van der Waals surface area contributed by atoms with Gasteiger partial charge in [0.15, 0.2) is 0 Å². The summed E-state index contributed by atoms with van der Waals surface area (Å²) in [5.74, 6) is 2.57. The Kier molecular flexibility index (Phi) is 22.7. The average Bonchev–Trinajstić information content (AvgIpc) is 3.37. The van der Waals surface area contributed by atoms with Crippen LogP contribution in [0.1, 0.15) is 234 Å². The molecule has 0 saturated heterocycles. The normalized spacial score (nSPS) is 27.6. The molecule has 2 N–H and O–H groups in total. The molecule has 0 radical (unpaired) electrons. The van der Waals surface area contributed by atoms with Gasteiger partial charge < -0.3 is 33.9 Å². The SMILES string of the molecule is CC(COCC1(C(C)COCC2(C(C)COCC3(C(C)COCC4(C(C)COCC5(C(C)CO)CCCCC5)CCCCC4)CCCCC3)CCCCC2)CCCCC1)C1(CO)CCCCC1. The van der Waals surface area contributed by atoms with E-state index in [0.29, 0.717) is 42.1 Å². The molecule has 6 atom stereocenters. The number of ether oxygens (including phenoxy) is 5. The highest BCUT2D eigenvalue weighted by atomic mass is 16.5. The van der Waals surface area contributed by atoms with Gasteiger partial charge in [-0.05, 0) is 145 Å². The van der Waals surface area contributed by atoms with Crippen LogP contribution in [0.2, 0.25) is 0 Å². The first-order valence-corrected chi connectivity index (χ1v) is 29.5. The highest BCUT2D eigenvalue weighted by molar-refractivity contribution is 4.94. The zero-order valence-corrected chi connectivity index (χ0v) is 45.1. The van der Waals surface area contributed by atoms with E-state index in [1.807, 2.05) is 0 Å². The standard InChI is InChI=1S/C60H110O7/c1-49(37-61)56(27-15-8-16-28-56)44-64-39-51(3)58(31-19-10-20-32-58)46-66-41-53(5)60(35-23-12-24-36-60)48-67-42-54(6)59(33-21-11-22-34-59)47-65-40-52(4)57(29-17-9-18-30-57)45-63-38-50(2)55(43-62)25-13-7-14-26-55/h49-54,61-62H,7-48H2,1-6H3. The van der Waals surface area contributed by atoms with Gasteiger partial charge in [0.2, 0.25) is 0 Å². The molecule has 0 aromatic heterocycles. The van der Waals surface area contributed by atoms with Gasteiger partial charge in [-0.25, -0.2) is 0 Å². The summed E-state index contributed by atoms with van der Waals surface area (Å²) in [6, 6.07) is 0. The van der Waals surface area contributed by atoms with Gasteiger partial charge in [-0.2, -0.15) is 0 Å². The lowest BCUT2D eigenvalue weighted by molar-refractivity contribution is -0.104. The maximum Gasteiger partial charge on any atom is 0.0525 e. The summed E-state index contributed by atoms with van der Waals surface area (Å²) in [6.07, 6.45) is 38.2. The molecule has 392 valence electrons. The molecule has 6 rings (SSSR count). The van der Waals surface area contributed by atoms with E-state index in [2.05, 4.69) is 41.5 Å². The summed E-state index contributed by atoms with van der Waals surface area (Å²) in [5, 5.41) is 20.6. The van der Waals surface area contributed by atoms with E-state index in [0.717, 1.165) is 78.9 Å². The van der Waals surface area contributed by atoms with Crippen LogP contribution < -0.4 is 0 Å². The predicted molar refractivity (Wildman–Crippen MR) is 276 cm³/mol. The van der Waals surface area contributed by atoms with E-state index in [9.17, 15) is 10.2 Å². The Morgan fingerprint density at radius 3 is 0.642 bits per heavy atom. The van der Waals surface area contributed by atoms with Crippen LogP contribution in [0.4, 0.5) is 0 Å². The molecule has 6 fully saturated rings. The highest BCUT2D eigenvalue weighted by Gasteiger charge is 2.45. The summed E-state index contributed by atoms with van der Waals surface area (Å²) in [6.45, 7) is 23.3. The lowest BCUT2D eigenvalue weighted by atomic mass is 9.66. The van der Waals surface area contributed by atoms with Crippen molar-refractivity contribution in [1.82, 2.24) is 0 Å². The maximum atomic E-state index is 10.5. The largest absolute Gasteiger partial charge is 0.396 e. The summed E-state index contributed by atoms with van der Waals surface area (Å²) < 4.78 is 34.3. The fourth-order valence-electron chi connectivity index (χ4n) is 15.5. The first-order valence-electron chi connectivity index (χ1n) is 29.5. The van der Waals surface area contributed by atoms with Crippen molar-refractivity contribution in [2.24, 2.45) is 68.0 Å². The van der Waals surface area contributed by atoms with Crippen LogP contribution in [-0.4, -0.2) is 89.5 Å². The Balaban J connectivity index is 0.990. The second kappa shape index (κ2) is 27.1. The Morgan fingerprint density at radius 2 is 0.448 bits per heavy atom. The third-order valence-electron chi connectivity index (χ3n) is 21.7. The molecule has 6 aliphatic rings. The van der Waals surface area contributed by atoms with Crippen molar-refractivity contribution < 1.29 is 33.9 Å². The van der Waals surface area contributed by atoms with E-state index in [-0.39, 0.29) is 39.1 Å². The molecule has 0 aliphatic heterocycles. The average molecular weight is 944 g/mol. The highest BCUT2D eigenvalue weighted by Crippen LogP contribution is 2.50. The Labute approximate surface area is 413 Å². The molecule has 7 nitrogen and oxygen atoms in total. The van der Waals surface area contributed by atoms with Crippen LogP contribution >= 0.6 is 0 Å². The van der Waals surface area contributed by atoms with E-state index in [4.69, 9.17) is 23.7 Å². The second-order valence-corrected chi connectivity index (χ2v) is 25.9. The molecular formula is C60H110O7. The summed E-state index contributed by atoms with van der Waals surface area (Å²) in [7, 11) is 0. The molecule has 6 aliphatic carbocycles. The first-order chi connectivity index (χ1) is 32.4. The number of aliphatic hydroxyl groups is 2. The van der Waals surface area contributed by atoms with E-state index >= 15 is 0 Å². The topological polar surface area (TPSA) is 86.6 Å². The zero-order valence-electron chi connectivity index (χ0n) is 45.1. The van der Waals surface area contributed by atoms with Crippen LogP contribution in [-0.2, 0) is 23.7 Å². The lowest BCUT2D eigenvalue weighted by Crippen LogP contribution is -2.43. The van der Waals surface area contributed by atoms with Crippen LogP contribution in [0.25, 0.3) is 0 Å². The third-order valence-corrected chi connectivity index (χ3v) is 21.7. The van der Waals surface area contributed by atoms with Crippen molar-refractivity contribution in [2.45, 2.75) is 234 Å². The Morgan fingerprint density at radius 1 is 0.269 bits per heavy atom. The third kappa shape index (κ3) is 14.5. The zero-order chi connectivity index (χ0) is 47.7. The molecule has 0 bridgehead atoms. The number of aliphatic hydroxyl groups excluding tert-OH is 2. The molecule has 6 unspecified atom stereocenters. The molecule has 0 spiro atoms. The molecule has 0 aromatic rings. The second-order valence-electron chi connectivity index (χ2n) is 25.9. The van der Waals surface area contributed by atoms with Crippen LogP contribution in [0, 0.1) is 68.0 Å². The summed E-state index contributed by atoms with van der Waals surface area (Å²) in [5.41, 5.74) is 0.977. The molecule has 67 heavy (non-hydrogen) atoms. The van der Waals surface area contributed by atoms with Gasteiger partial charge in [0.1, 0.15) is 0 Å². The Bertz CT molecular complexity index is 1330. The molecule has 6 saturated carbocycles. The quantitative estimate of drug-likeness (QED) is 0.0808. The minimum absolute atomic E-state index is 0.0538. The van der Waals surface area contributed by atoms with Crippen LogP contribution in [0.3, 0.4) is 0 Å². The van der Waals surface area contributed by atoms with Gasteiger partial charge in [0.25, 0.3) is 0 Å². The number of rotatable bonds is 28. The first kappa shape index (κ1) is 56.0. The number of hydrogen-bond acceptors (Lipinski definition) is 7. The van der Waals surface area contributed by atoms with Gasteiger partial charge in [0.05, 0.1) is 33.0 Å². The van der Waals surface area contributed by atoms with E-state index < -0.39 is 0 Å². The van der Waals surface area contributed by atoms with Crippen molar-refractivity contribution in [3.05, 3.63) is 0 Å². The summed E-state index contributed by atoms with van der Waals surface area (Å²) >= 11 is 0. The van der Waals surface area contributed by atoms with Gasteiger partial charge in [-0.1, -0.05) is 157 Å². The molecule has 0 heterocycles. The monoisotopic (exact) mass is 943 g/mol. The number of hydrogen-bond donors (Lipinski definition) is 2. The van der Waals surface area contributed by atoms with Crippen LogP contribution in [0.15, 0.2) is 0 Å². The molecule has 0 amide bonds. The van der Waals surface area contributed by atoms with Crippen molar-refractivity contribution in [3.63, 3.8) is 0 Å². The maximum absolute atomic E-state index is 10.5. The molecule has 0 aromatic carbocycles. The van der Waals surface area contributed by atoms with Crippen LogP contribution in [0.5, 0.6) is 0 Å². The lowest BCUT2D eigenvalue weighted by Gasteiger charge is -2.46. The fourth-order valence-corrected chi connectivity index (χ4v) is 15.5. The van der Waals surface area contributed by atoms with Crippen molar-refractivity contribution in [3.8, 4) is 0 Å². The van der Waals surface area contributed by atoms with Gasteiger partial charge in [0, 0.05) is 46.2 Å². The van der Waals surface area contributed by atoms with Gasteiger partial charge >= 0.3 is 0 Å². The fraction of sp³-hybridized carbons (Fsp3) is 1.00.